The van der Waals surface area contributed by atoms with E-state index in [1.54, 1.807) is 12.1 Å². The van der Waals surface area contributed by atoms with E-state index in [0.29, 0.717) is 19.8 Å². The third-order valence-corrected chi connectivity index (χ3v) is 4.86. The van der Waals surface area contributed by atoms with E-state index in [1.807, 2.05) is 30.3 Å². The molecule has 0 aliphatic carbocycles. The zero-order chi connectivity index (χ0) is 21.2. The Morgan fingerprint density at radius 3 is 2.40 bits per heavy atom. The molecule has 0 spiro atoms. The maximum atomic E-state index is 12.9. The van der Waals surface area contributed by atoms with Gasteiger partial charge in [-0.3, -0.25) is 9.69 Å². The minimum Gasteiger partial charge on any atom is -0.379 e. The predicted molar refractivity (Wildman–Crippen MR) is 111 cm³/mol. The lowest BCUT2D eigenvalue weighted by molar-refractivity contribution is -0.121. The first-order valence-corrected chi connectivity index (χ1v) is 10.0. The summed E-state index contributed by atoms with van der Waals surface area (Å²) >= 11 is 0. The number of ether oxygens (including phenoxy) is 1. The summed E-state index contributed by atoms with van der Waals surface area (Å²) in [5.41, 5.74) is 1.78. The van der Waals surface area contributed by atoms with Crippen LogP contribution in [0.1, 0.15) is 17.2 Å². The van der Waals surface area contributed by atoms with Gasteiger partial charge in [-0.15, -0.1) is 0 Å². The maximum Gasteiger partial charge on any atom is 0.315 e. The van der Waals surface area contributed by atoms with Gasteiger partial charge in [0.05, 0.1) is 25.8 Å². The monoisotopic (exact) mass is 414 g/mol. The summed E-state index contributed by atoms with van der Waals surface area (Å²) in [5.74, 6) is -0.598. The summed E-state index contributed by atoms with van der Waals surface area (Å²) in [7, 11) is 0. The molecule has 7 nitrogen and oxygen atoms in total. The van der Waals surface area contributed by atoms with E-state index in [9.17, 15) is 14.0 Å². The molecule has 8 heteroatoms. The molecule has 0 bridgehead atoms. The van der Waals surface area contributed by atoms with Crippen LogP contribution in [0.4, 0.5) is 9.18 Å². The first kappa shape index (κ1) is 21.7. The normalized spacial score (nSPS) is 15.2. The SMILES string of the molecule is O=C(CNC(=O)NCc1ccc(F)cc1)NC(CN1CCOCC1)c1ccccc1. The lowest BCUT2D eigenvalue weighted by Gasteiger charge is -2.31. The number of benzene rings is 2. The highest BCUT2D eigenvalue weighted by Crippen LogP contribution is 2.15. The Bertz CT molecular complexity index is 811. The molecule has 2 aromatic carbocycles. The highest BCUT2D eigenvalue weighted by atomic mass is 19.1. The Hall–Kier alpha value is -2.97. The van der Waals surface area contributed by atoms with Crippen molar-refractivity contribution in [2.75, 3.05) is 39.4 Å². The quantitative estimate of drug-likeness (QED) is 0.615. The minimum atomic E-state index is -0.459. The first-order chi connectivity index (χ1) is 14.6. The van der Waals surface area contributed by atoms with Crippen molar-refractivity contribution >= 4 is 11.9 Å². The molecule has 2 aromatic rings. The van der Waals surface area contributed by atoms with Crippen molar-refractivity contribution in [1.82, 2.24) is 20.9 Å². The second-order valence-corrected chi connectivity index (χ2v) is 7.11. The molecule has 0 saturated carbocycles. The van der Waals surface area contributed by atoms with Crippen LogP contribution in [0, 0.1) is 5.82 Å². The fourth-order valence-electron chi connectivity index (χ4n) is 3.21. The van der Waals surface area contributed by atoms with Crippen LogP contribution in [-0.4, -0.2) is 56.2 Å². The molecule has 3 rings (SSSR count). The number of urea groups is 1. The highest BCUT2D eigenvalue weighted by Gasteiger charge is 2.20. The van der Waals surface area contributed by atoms with Crippen LogP contribution in [0.2, 0.25) is 0 Å². The van der Waals surface area contributed by atoms with Gasteiger partial charge in [0, 0.05) is 26.2 Å². The van der Waals surface area contributed by atoms with Crippen LogP contribution >= 0.6 is 0 Å². The van der Waals surface area contributed by atoms with Crippen molar-refractivity contribution in [2.45, 2.75) is 12.6 Å². The number of nitrogens with zero attached hydrogens (tertiary/aromatic N) is 1. The van der Waals surface area contributed by atoms with Crippen molar-refractivity contribution in [3.63, 3.8) is 0 Å². The summed E-state index contributed by atoms with van der Waals surface area (Å²) in [5, 5.41) is 8.22. The number of carbonyl (C=O) groups excluding carboxylic acids is 2. The summed E-state index contributed by atoms with van der Waals surface area (Å²) in [6.45, 7) is 3.80. The zero-order valence-corrected chi connectivity index (χ0v) is 16.8. The number of hydrogen-bond donors (Lipinski definition) is 3. The van der Waals surface area contributed by atoms with Crippen molar-refractivity contribution < 1.29 is 18.7 Å². The van der Waals surface area contributed by atoms with Gasteiger partial charge in [-0.25, -0.2) is 9.18 Å². The molecule has 1 fully saturated rings. The van der Waals surface area contributed by atoms with Gasteiger partial charge in [0.25, 0.3) is 0 Å². The number of amides is 3. The fraction of sp³-hybridized carbons (Fsp3) is 0.364. The lowest BCUT2D eigenvalue weighted by atomic mass is 10.1. The average molecular weight is 414 g/mol. The van der Waals surface area contributed by atoms with E-state index in [0.717, 1.165) is 24.2 Å². The zero-order valence-electron chi connectivity index (χ0n) is 16.8. The van der Waals surface area contributed by atoms with E-state index >= 15 is 0 Å². The third kappa shape index (κ3) is 7.13. The third-order valence-electron chi connectivity index (χ3n) is 4.86. The van der Waals surface area contributed by atoms with E-state index < -0.39 is 6.03 Å². The largest absolute Gasteiger partial charge is 0.379 e. The molecular formula is C22H27FN4O3. The number of nitrogens with one attached hydrogen (secondary N) is 3. The van der Waals surface area contributed by atoms with E-state index in [-0.39, 0.29) is 30.9 Å². The van der Waals surface area contributed by atoms with Gasteiger partial charge in [-0.2, -0.15) is 0 Å². The Kier molecular flexibility index (Phi) is 8.17. The summed E-state index contributed by atoms with van der Waals surface area (Å²) < 4.78 is 18.3. The lowest BCUT2D eigenvalue weighted by Crippen LogP contribution is -2.46. The highest BCUT2D eigenvalue weighted by molar-refractivity contribution is 5.84. The number of halogens is 1. The minimum absolute atomic E-state index is 0.137. The number of morpholine rings is 1. The van der Waals surface area contributed by atoms with Crippen LogP contribution in [0.3, 0.4) is 0 Å². The van der Waals surface area contributed by atoms with Crippen molar-refractivity contribution in [2.24, 2.45) is 0 Å². The number of hydrogen-bond acceptors (Lipinski definition) is 4. The van der Waals surface area contributed by atoms with Gasteiger partial charge in [-0.05, 0) is 23.3 Å². The van der Waals surface area contributed by atoms with Crippen molar-refractivity contribution in [3.05, 3.63) is 71.5 Å². The molecule has 1 aliphatic rings. The smallest absolute Gasteiger partial charge is 0.315 e. The van der Waals surface area contributed by atoms with Gasteiger partial charge < -0.3 is 20.7 Å². The van der Waals surface area contributed by atoms with Gasteiger partial charge in [-0.1, -0.05) is 42.5 Å². The van der Waals surface area contributed by atoms with Gasteiger partial charge in [0.1, 0.15) is 5.82 Å². The van der Waals surface area contributed by atoms with Crippen LogP contribution in [0.15, 0.2) is 54.6 Å². The number of rotatable bonds is 8. The molecule has 1 unspecified atom stereocenters. The summed E-state index contributed by atoms with van der Waals surface area (Å²) in [6.07, 6.45) is 0. The molecule has 1 heterocycles. The van der Waals surface area contributed by atoms with Crippen LogP contribution < -0.4 is 16.0 Å². The van der Waals surface area contributed by atoms with Gasteiger partial charge in [0.15, 0.2) is 0 Å². The predicted octanol–water partition coefficient (Wildman–Crippen LogP) is 1.81. The molecular weight excluding hydrogens is 387 g/mol. The van der Waals surface area contributed by atoms with Gasteiger partial charge in [0.2, 0.25) is 5.91 Å². The van der Waals surface area contributed by atoms with Crippen molar-refractivity contribution in [3.8, 4) is 0 Å². The van der Waals surface area contributed by atoms with E-state index in [1.165, 1.54) is 12.1 Å². The Balaban J connectivity index is 1.47. The maximum absolute atomic E-state index is 12.9. The first-order valence-electron chi connectivity index (χ1n) is 10.0. The Morgan fingerprint density at radius 2 is 1.70 bits per heavy atom. The molecule has 1 atom stereocenters. The Morgan fingerprint density at radius 1 is 1.00 bits per heavy atom. The van der Waals surface area contributed by atoms with Crippen LogP contribution in [-0.2, 0) is 16.1 Å². The average Bonchev–Trinajstić information content (AvgIpc) is 2.78. The molecule has 0 aromatic heterocycles. The molecule has 3 amide bonds. The molecule has 1 saturated heterocycles. The Labute approximate surface area is 175 Å². The standard InChI is InChI=1S/C22H27FN4O3/c23-19-8-6-17(7-9-19)14-24-22(29)25-15-21(28)26-20(18-4-2-1-3-5-18)16-27-10-12-30-13-11-27/h1-9,20H,10-16H2,(H,26,28)(H2,24,25,29). The second-order valence-electron chi connectivity index (χ2n) is 7.11. The van der Waals surface area contributed by atoms with Crippen LogP contribution in [0.5, 0.6) is 0 Å². The van der Waals surface area contributed by atoms with Crippen LogP contribution in [0.25, 0.3) is 0 Å². The second kappa shape index (κ2) is 11.3. The molecule has 1 aliphatic heterocycles. The molecule has 30 heavy (non-hydrogen) atoms. The summed E-state index contributed by atoms with van der Waals surface area (Å²) in [4.78, 5) is 26.7. The van der Waals surface area contributed by atoms with E-state index in [4.69, 9.17) is 4.74 Å². The molecule has 3 N–H and O–H groups in total. The summed E-state index contributed by atoms with van der Waals surface area (Å²) in [6, 6.07) is 15.0. The number of carbonyl (C=O) groups is 2. The molecule has 0 radical (unpaired) electrons. The van der Waals surface area contributed by atoms with Gasteiger partial charge >= 0.3 is 6.03 Å². The topological polar surface area (TPSA) is 82.7 Å². The van der Waals surface area contributed by atoms with Crippen molar-refractivity contribution in [1.29, 1.82) is 0 Å². The fourth-order valence-corrected chi connectivity index (χ4v) is 3.21. The molecule has 160 valence electrons. The van der Waals surface area contributed by atoms with E-state index in [2.05, 4.69) is 20.9 Å².